The van der Waals surface area contributed by atoms with Gasteiger partial charge in [-0.3, -0.25) is 0 Å². The van der Waals surface area contributed by atoms with Crippen molar-refractivity contribution in [3.63, 3.8) is 0 Å². The average molecular weight is 457 g/mol. The Hall–Kier alpha value is -1.86. The van der Waals surface area contributed by atoms with Crippen LogP contribution in [0.4, 0.5) is 0 Å². The molecule has 0 saturated heterocycles. The Kier molecular flexibility index (Phi) is 27.6. The molecule has 0 saturated carbocycles. The molecule has 0 bridgehead atoms. The van der Waals surface area contributed by atoms with Crippen molar-refractivity contribution in [2.75, 3.05) is 0 Å². The number of hydrogen-bond donors (Lipinski definition) is 0. The summed E-state index contributed by atoms with van der Waals surface area (Å²) >= 11 is 1.83. The SMILES string of the molecule is CC.CC.CC.CC(C)c1ccccc1.CC(C)c1ccccc1.CC(C)c1cccs1. The predicted molar refractivity (Wildman–Crippen MR) is 154 cm³/mol. The van der Waals surface area contributed by atoms with Gasteiger partial charge in [-0.15, -0.1) is 11.3 Å². The Morgan fingerprint density at radius 3 is 0.938 bits per heavy atom. The van der Waals surface area contributed by atoms with Crippen LogP contribution in [0.25, 0.3) is 0 Å². The van der Waals surface area contributed by atoms with Gasteiger partial charge in [0.15, 0.2) is 0 Å². The summed E-state index contributed by atoms with van der Waals surface area (Å²) in [5.74, 6) is 2.02. The molecule has 3 aromatic rings. The third kappa shape index (κ3) is 18.9. The van der Waals surface area contributed by atoms with Crippen LogP contribution in [0.5, 0.6) is 0 Å². The van der Waals surface area contributed by atoms with Crippen molar-refractivity contribution in [1.82, 2.24) is 0 Å². The summed E-state index contributed by atoms with van der Waals surface area (Å²) in [6.07, 6.45) is 0. The largest absolute Gasteiger partial charge is 0.149 e. The first-order valence-electron chi connectivity index (χ1n) is 12.5. The predicted octanol–water partition coefficient (Wildman–Crippen LogP) is 11.6. The molecule has 1 heterocycles. The summed E-state index contributed by atoms with van der Waals surface area (Å²) in [5.41, 5.74) is 2.83. The standard InChI is InChI=1S/2C9H12.C7H10S.3C2H6/c2*1-8(2)9-6-4-3-5-7-9;1-6(2)7-4-3-5-8-7;3*1-2/h2*3-8H,1-2H3;3-6H,1-2H3;3*1-2H3. The Morgan fingerprint density at radius 1 is 0.438 bits per heavy atom. The maximum atomic E-state index is 2.21. The molecule has 0 spiro atoms. The average Bonchev–Trinajstić information content (AvgIpc) is 3.41. The van der Waals surface area contributed by atoms with Crippen molar-refractivity contribution in [2.24, 2.45) is 0 Å². The number of hydrogen-bond acceptors (Lipinski definition) is 1. The summed E-state index contributed by atoms with van der Waals surface area (Å²) in [7, 11) is 0. The van der Waals surface area contributed by atoms with Crippen molar-refractivity contribution in [2.45, 2.75) is 101 Å². The third-order valence-corrected chi connectivity index (χ3v) is 5.22. The smallest absolute Gasteiger partial charge is 0.00706 e. The van der Waals surface area contributed by atoms with Crippen LogP contribution in [-0.2, 0) is 0 Å². The van der Waals surface area contributed by atoms with Gasteiger partial charge in [-0.1, -0.05) is 150 Å². The van der Waals surface area contributed by atoms with E-state index in [4.69, 9.17) is 0 Å². The van der Waals surface area contributed by atoms with Crippen molar-refractivity contribution in [1.29, 1.82) is 0 Å². The van der Waals surface area contributed by atoms with Gasteiger partial charge in [0, 0.05) is 4.88 Å². The molecule has 2 aromatic carbocycles. The lowest BCUT2D eigenvalue weighted by molar-refractivity contribution is 0.867. The highest BCUT2D eigenvalue weighted by atomic mass is 32.1. The first-order chi connectivity index (χ1) is 15.4. The van der Waals surface area contributed by atoms with E-state index in [-0.39, 0.29) is 0 Å². The number of rotatable bonds is 3. The van der Waals surface area contributed by atoms with Gasteiger partial charge >= 0.3 is 0 Å². The molecule has 1 aromatic heterocycles. The Morgan fingerprint density at radius 2 is 0.781 bits per heavy atom. The van der Waals surface area contributed by atoms with E-state index in [2.05, 4.69) is 108 Å². The van der Waals surface area contributed by atoms with Gasteiger partial charge in [0.25, 0.3) is 0 Å². The zero-order chi connectivity index (χ0) is 25.4. The highest BCUT2D eigenvalue weighted by Gasteiger charge is 1.96. The lowest BCUT2D eigenvalue weighted by Crippen LogP contribution is -1.83. The van der Waals surface area contributed by atoms with Crippen molar-refractivity contribution in [3.05, 3.63) is 94.2 Å². The van der Waals surface area contributed by atoms with Crippen LogP contribution in [0, 0.1) is 0 Å². The minimum atomic E-state index is 0.659. The molecular weight excluding hydrogens is 404 g/mol. The van der Waals surface area contributed by atoms with E-state index < -0.39 is 0 Å². The fourth-order valence-corrected chi connectivity index (χ4v) is 3.04. The molecule has 0 atom stereocenters. The molecule has 0 N–H and O–H groups in total. The topological polar surface area (TPSA) is 0 Å². The van der Waals surface area contributed by atoms with Gasteiger partial charge in [-0.25, -0.2) is 0 Å². The lowest BCUT2D eigenvalue weighted by atomic mass is 10.0. The van der Waals surface area contributed by atoms with E-state index in [0.29, 0.717) is 17.8 Å². The van der Waals surface area contributed by atoms with E-state index in [1.165, 1.54) is 16.0 Å². The van der Waals surface area contributed by atoms with Crippen LogP contribution >= 0.6 is 11.3 Å². The van der Waals surface area contributed by atoms with Crippen LogP contribution in [0.15, 0.2) is 78.2 Å². The van der Waals surface area contributed by atoms with Crippen LogP contribution in [0.3, 0.4) is 0 Å². The van der Waals surface area contributed by atoms with E-state index >= 15 is 0 Å². The van der Waals surface area contributed by atoms with E-state index in [9.17, 15) is 0 Å². The van der Waals surface area contributed by atoms with Crippen molar-refractivity contribution >= 4 is 11.3 Å². The second kappa shape index (κ2) is 25.4. The molecule has 182 valence electrons. The van der Waals surface area contributed by atoms with Crippen molar-refractivity contribution in [3.8, 4) is 0 Å². The molecular formula is C31H52S. The molecule has 0 aliphatic rings. The molecule has 0 radical (unpaired) electrons. The van der Waals surface area contributed by atoms with Gasteiger partial charge in [0.1, 0.15) is 0 Å². The van der Waals surface area contributed by atoms with Gasteiger partial charge in [0.2, 0.25) is 0 Å². The van der Waals surface area contributed by atoms with Crippen LogP contribution in [-0.4, -0.2) is 0 Å². The molecule has 32 heavy (non-hydrogen) atoms. The highest BCUT2D eigenvalue weighted by molar-refractivity contribution is 7.10. The third-order valence-electron chi connectivity index (χ3n) is 4.04. The minimum Gasteiger partial charge on any atom is -0.149 e. The number of thiophene rings is 1. The summed E-state index contributed by atoms with van der Waals surface area (Å²) in [5, 5.41) is 2.12. The molecule has 0 fully saturated rings. The minimum absolute atomic E-state index is 0.659. The second-order valence-electron chi connectivity index (χ2n) is 7.30. The van der Waals surface area contributed by atoms with E-state index in [1.807, 2.05) is 65.0 Å². The Bertz CT molecular complexity index is 622. The van der Waals surface area contributed by atoms with Crippen LogP contribution < -0.4 is 0 Å². The molecule has 0 aliphatic heterocycles. The summed E-state index contributed by atoms with van der Waals surface area (Å²) in [6, 6.07) is 25.3. The summed E-state index contributed by atoms with van der Waals surface area (Å²) in [6.45, 7) is 25.2. The monoisotopic (exact) mass is 456 g/mol. The maximum absolute atomic E-state index is 2.21. The van der Waals surface area contributed by atoms with Crippen molar-refractivity contribution < 1.29 is 0 Å². The first-order valence-corrected chi connectivity index (χ1v) is 13.4. The fraction of sp³-hybridized carbons (Fsp3) is 0.484. The Labute approximate surface area is 206 Å². The number of benzene rings is 2. The second-order valence-corrected chi connectivity index (χ2v) is 8.28. The summed E-state index contributed by atoms with van der Waals surface area (Å²) < 4.78 is 0. The first kappa shape index (κ1) is 34.7. The quantitative estimate of drug-likeness (QED) is 0.367. The van der Waals surface area contributed by atoms with Gasteiger partial charge in [-0.05, 0) is 40.3 Å². The molecule has 0 aliphatic carbocycles. The Balaban J connectivity index is -0.000000353. The van der Waals surface area contributed by atoms with E-state index in [0.717, 1.165) is 0 Å². The molecule has 0 nitrogen and oxygen atoms in total. The molecule has 1 heteroatoms. The van der Waals surface area contributed by atoms with Crippen LogP contribution in [0.1, 0.15) is 117 Å². The zero-order valence-electron chi connectivity index (χ0n) is 23.1. The lowest BCUT2D eigenvalue weighted by Gasteiger charge is -2.01. The normalized spacial score (nSPS) is 8.84. The van der Waals surface area contributed by atoms with E-state index in [1.54, 1.807) is 0 Å². The van der Waals surface area contributed by atoms with Gasteiger partial charge in [-0.2, -0.15) is 0 Å². The zero-order valence-corrected chi connectivity index (χ0v) is 24.0. The van der Waals surface area contributed by atoms with Gasteiger partial charge in [0.05, 0.1) is 0 Å². The molecule has 0 amide bonds. The van der Waals surface area contributed by atoms with Gasteiger partial charge < -0.3 is 0 Å². The maximum Gasteiger partial charge on any atom is 0.00706 e. The fourth-order valence-electron chi connectivity index (χ4n) is 2.30. The molecule has 0 unspecified atom stereocenters. The highest BCUT2D eigenvalue weighted by Crippen LogP contribution is 2.18. The van der Waals surface area contributed by atoms with Crippen LogP contribution in [0.2, 0.25) is 0 Å². The summed E-state index contributed by atoms with van der Waals surface area (Å²) in [4.78, 5) is 1.48. The molecule has 3 rings (SSSR count).